The first-order valence-corrected chi connectivity index (χ1v) is 7.62. The van der Waals surface area contributed by atoms with E-state index in [9.17, 15) is 0 Å². The van der Waals surface area contributed by atoms with E-state index in [-0.39, 0.29) is 0 Å². The van der Waals surface area contributed by atoms with Gasteiger partial charge in [-0.15, -0.1) is 0 Å². The number of hydrogen-bond donors (Lipinski definition) is 1. The largest absolute Gasteiger partial charge is 0.381 e. The Morgan fingerprint density at radius 1 is 1.30 bits per heavy atom. The van der Waals surface area contributed by atoms with Gasteiger partial charge in [0.25, 0.3) is 0 Å². The van der Waals surface area contributed by atoms with Crippen molar-refractivity contribution in [2.24, 2.45) is 5.92 Å². The second-order valence-corrected chi connectivity index (χ2v) is 5.81. The quantitative estimate of drug-likeness (QED) is 0.923. The second kappa shape index (κ2) is 5.98. The topological polar surface area (TPSA) is 26.2 Å². The molecule has 0 amide bonds. The molecule has 2 heterocycles. The van der Waals surface area contributed by atoms with E-state index in [2.05, 4.69) is 47.3 Å². The maximum Gasteiger partial charge on any atom is 0.0483 e. The van der Waals surface area contributed by atoms with Crippen LogP contribution < -0.4 is 5.32 Å². The first kappa shape index (κ1) is 13.7. The lowest BCUT2D eigenvalue weighted by Crippen LogP contribution is -2.20. The highest BCUT2D eigenvalue weighted by atomic mass is 16.5. The molecule has 3 rings (SSSR count). The summed E-state index contributed by atoms with van der Waals surface area (Å²) in [5.41, 5.74) is 2.74. The molecule has 0 bridgehead atoms. The van der Waals surface area contributed by atoms with Crippen LogP contribution in [0.15, 0.2) is 30.5 Å². The van der Waals surface area contributed by atoms with Crippen molar-refractivity contribution >= 4 is 10.9 Å². The fraction of sp³-hybridized carbons (Fsp3) is 0.529. The molecule has 1 aliphatic rings. The lowest BCUT2D eigenvalue weighted by Gasteiger charge is -2.23. The third kappa shape index (κ3) is 2.60. The van der Waals surface area contributed by atoms with E-state index in [1.54, 1.807) is 0 Å². The number of ether oxygens (including phenoxy) is 1. The van der Waals surface area contributed by atoms with Gasteiger partial charge < -0.3 is 14.6 Å². The highest BCUT2D eigenvalue weighted by Crippen LogP contribution is 2.27. The monoisotopic (exact) mass is 272 g/mol. The van der Waals surface area contributed by atoms with Crippen molar-refractivity contribution in [3.8, 4) is 0 Å². The average Bonchev–Trinajstić information content (AvgIpc) is 2.91. The zero-order valence-electron chi connectivity index (χ0n) is 12.4. The molecule has 1 fully saturated rings. The summed E-state index contributed by atoms with van der Waals surface area (Å²) in [6, 6.07) is 9.28. The Balaban J connectivity index is 1.89. The molecule has 3 nitrogen and oxygen atoms in total. The summed E-state index contributed by atoms with van der Waals surface area (Å²) in [5, 5.41) is 4.71. The minimum atomic E-state index is 0.387. The molecular formula is C17H24N2O. The van der Waals surface area contributed by atoms with Gasteiger partial charge in [0, 0.05) is 42.9 Å². The summed E-state index contributed by atoms with van der Waals surface area (Å²) in [5.74, 6) is 0.754. The molecule has 108 valence electrons. The van der Waals surface area contributed by atoms with Crippen LogP contribution in [0, 0.1) is 5.92 Å². The first-order chi connectivity index (χ1) is 9.79. The molecule has 1 unspecified atom stereocenters. The summed E-state index contributed by atoms with van der Waals surface area (Å²) >= 11 is 0. The maximum absolute atomic E-state index is 5.45. The van der Waals surface area contributed by atoms with Crippen molar-refractivity contribution in [1.29, 1.82) is 0 Å². The van der Waals surface area contributed by atoms with Crippen LogP contribution in [0.2, 0.25) is 0 Å². The Bertz CT molecular complexity index is 569. The van der Waals surface area contributed by atoms with Crippen molar-refractivity contribution in [2.45, 2.75) is 32.4 Å². The predicted molar refractivity (Wildman–Crippen MR) is 83.0 cm³/mol. The molecule has 1 saturated heterocycles. The highest BCUT2D eigenvalue weighted by Gasteiger charge is 2.16. The van der Waals surface area contributed by atoms with Crippen LogP contribution in [-0.4, -0.2) is 24.8 Å². The highest BCUT2D eigenvalue weighted by molar-refractivity contribution is 5.84. The minimum absolute atomic E-state index is 0.387. The van der Waals surface area contributed by atoms with Crippen LogP contribution >= 0.6 is 0 Å². The molecule has 1 aliphatic heterocycles. The first-order valence-electron chi connectivity index (χ1n) is 7.62. The summed E-state index contributed by atoms with van der Waals surface area (Å²) in [6.45, 7) is 5.17. The van der Waals surface area contributed by atoms with E-state index in [4.69, 9.17) is 4.74 Å². The van der Waals surface area contributed by atoms with Gasteiger partial charge in [-0.1, -0.05) is 12.1 Å². The summed E-state index contributed by atoms with van der Waals surface area (Å²) < 4.78 is 7.87. The van der Waals surface area contributed by atoms with Crippen molar-refractivity contribution in [1.82, 2.24) is 9.88 Å². The molecule has 0 spiro atoms. The fourth-order valence-electron chi connectivity index (χ4n) is 3.15. The van der Waals surface area contributed by atoms with Crippen LogP contribution in [0.1, 0.15) is 31.4 Å². The van der Waals surface area contributed by atoms with Gasteiger partial charge in [0.15, 0.2) is 0 Å². The van der Waals surface area contributed by atoms with E-state index in [0.717, 1.165) is 25.7 Å². The van der Waals surface area contributed by atoms with E-state index in [1.165, 1.54) is 29.3 Å². The van der Waals surface area contributed by atoms with Gasteiger partial charge in [-0.05, 0) is 50.4 Å². The fourth-order valence-corrected chi connectivity index (χ4v) is 3.15. The molecule has 1 aromatic heterocycles. The molecule has 3 heteroatoms. The Morgan fingerprint density at radius 3 is 2.85 bits per heavy atom. The van der Waals surface area contributed by atoms with Gasteiger partial charge in [0.1, 0.15) is 0 Å². The maximum atomic E-state index is 5.45. The Labute approximate surface area is 120 Å². The van der Waals surface area contributed by atoms with Crippen LogP contribution in [0.5, 0.6) is 0 Å². The third-order valence-corrected chi connectivity index (χ3v) is 4.54. The second-order valence-electron chi connectivity index (χ2n) is 5.81. The van der Waals surface area contributed by atoms with Gasteiger partial charge in [0.2, 0.25) is 0 Å². The number of nitrogens with zero attached hydrogens (tertiary/aromatic N) is 1. The summed E-state index contributed by atoms with van der Waals surface area (Å²) in [6.07, 6.45) is 4.62. The Kier molecular flexibility index (Phi) is 4.08. The number of benzene rings is 1. The van der Waals surface area contributed by atoms with Crippen molar-refractivity contribution < 1.29 is 4.74 Å². The van der Waals surface area contributed by atoms with Gasteiger partial charge in [-0.25, -0.2) is 0 Å². The van der Waals surface area contributed by atoms with Crippen LogP contribution in [0.4, 0.5) is 0 Å². The smallest absolute Gasteiger partial charge is 0.0483 e. The number of rotatable bonds is 4. The Hall–Kier alpha value is -1.32. The summed E-state index contributed by atoms with van der Waals surface area (Å²) in [7, 11) is 2.02. The van der Waals surface area contributed by atoms with Gasteiger partial charge in [0.05, 0.1) is 0 Å². The van der Waals surface area contributed by atoms with Gasteiger partial charge in [-0.2, -0.15) is 0 Å². The van der Waals surface area contributed by atoms with Crippen LogP contribution in [0.25, 0.3) is 10.9 Å². The molecule has 1 atom stereocenters. The van der Waals surface area contributed by atoms with E-state index < -0.39 is 0 Å². The minimum Gasteiger partial charge on any atom is -0.381 e. The van der Waals surface area contributed by atoms with E-state index in [1.807, 2.05) is 7.05 Å². The van der Waals surface area contributed by atoms with Crippen molar-refractivity contribution in [3.63, 3.8) is 0 Å². The molecule has 0 aliphatic carbocycles. The van der Waals surface area contributed by atoms with Gasteiger partial charge in [-0.3, -0.25) is 0 Å². The SMILES string of the molecule is CNC(C)c1cccc2c1ccn2CC1CCOCC1. The number of fused-ring (bicyclic) bond motifs is 1. The van der Waals surface area contributed by atoms with Crippen LogP contribution in [-0.2, 0) is 11.3 Å². The summed E-state index contributed by atoms with van der Waals surface area (Å²) in [4.78, 5) is 0. The van der Waals surface area contributed by atoms with Gasteiger partial charge >= 0.3 is 0 Å². The third-order valence-electron chi connectivity index (χ3n) is 4.54. The molecule has 1 N–H and O–H groups in total. The molecule has 2 aromatic rings. The molecule has 0 radical (unpaired) electrons. The standard InChI is InChI=1S/C17H24N2O/c1-13(18-2)15-4-3-5-17-16(15)6-9-19(17)12-14-7-10-20-11-8-14/h3-6,9,13-14,18H,7-8,10-12H2,1-2H3. The van der Waals surface area contributed by atoms with Crippen molar-refractivity contribution in [2.75, 3.05) is 20.3 Å². The van der Waals surface area contributed by atoms with Crippen molar-refractivity contribution in [3.05, 3.63) is 36.0 Å². The number of hydrogen-bond acceptors (Lipinski definition) is 2. The average molecular weight is 272 g/mol. The van der Waals surface area contributed by atoms with E-state index in [0.29, 0.717) is 6.04 Å². The van der Waals surface area contributed by atoms with Crippen LogP contribution in [0.3, 0.4) is 0 Å². The normalized spacial score (nSPS) is 18.5. The van der Waals surface area contributed by atoms with E-state index >= 15 is 0 Å². The zero-order chi connectivity index (χ0) is 13.9. The zero-order valence-corrected chi connectivity index (χ0v) is 12.4. The lowest BCUT2D eigenvalue weighted by atomic mass is 10.00. The molecular weight excluding hydrogens is 248 g/mol. The number of nitrogens with one attached hydrogen (secondary N) is 1. The number of aromatic nitrogens is 1. The molecule has 20 heavy (non-hydrogen) atoms. The Morgan fingerprint density at radius 2 is 2.10 bits per heavy atom. The lowest BCUT2D eigenvalue weighted by molar-refractivity contribution is 0.0616. The predicted octanol–water partition coefficient (Wildman–Crippen LogP) is 3.35. The molecule has 0 saturated carbocycles. The molecule has 1 aromatic carbocycles.